The van der Waals surface area contributed by atoms with E-state index in [0.717, 1.165) is 56.0 Å². The molecule has 28 nitrogen and oxygen atoms in total. The van der Waals surface area contributed by atoms with Gasteiger partial charge in [-0.15, -0.1) is 0 Å². The van der Waals surface area contributed by atoms with Gasteiger partial charge in [-0.2, -0.15) is 48.6 Å². The van der Waals surface area contributed by atoms with E-state index in [1.54, 1.807) is 6.92 Å². The second-order valence-corrected chi connectivity index (χ2v) is 32.0. The Morgan fingerprint density at radius 1 is 0.594 bits per heavy atom. The second kappa shape index (κ2) is 26.1. The number of carbonyl (C=O) groups is 2. The summed E-state index contributed by atoms with van der Waals surface area (Å²) in [5.74, 6) is -2.52. The third-order valence-corrected chi connectivity index (χ3v) is 23.5. The maximum atomic E-state index is 15.2. The number of rotatable bonds is 19. The van der Waals surface area contributed by atoms with Gasteiger partial charge in [0.15, 0.2) is 0 Å². The van der Waals surface area contributed by atoms with Crippen molar-refractivity contribution in [1.82, 2.24) is 19.7 Å². The van der Waals surface area contributed by atoms with Gasteiger partial charge in [-0.1, -0.05) is 44.2 Å². The first-order chi connectivity index (χ1) is 44.7. The lowest BCUT2D eigenvalue weighted by molar-refractivity contribution is 0.0696. The molecule has 0 radical (unpaired) electrons. The molecule has 6 unspecified atom stereocenters. The molecular formula is C63H69N9O19S5. The van der Waals surface area contributed by atoms with E-state index in [2.05, 4.69) is 47.5 Å². The minimum atomic E-state index is -5.36. The lowest BCUT2D eigenvalue weighted by Gasteiger charge is -2.39. The van der Waals surface area contributed by atoms with Crippen LogP contribution in [0.4, 0.5) is 40.6 Å². The number of fused-ring (bicyclic) bond motifs is 2. The molecular weight excluding hydrogens is 1350 g/mol. The minimum absolute atomic E-state index is 0.00889. The molecule has 12 N–H and O–H groups in total. The van der Waals surface area contributed by atoms with E-state index >= 15 is 8.42 Å². The molecule has 5 aromatic carbocycles. The number of nitrogens with two attached hydrogens (primary N) is 1. The number of carboxylic acids is 2. The largest absolute Gasteiger partial charge is 0.478 e. The van der Waals surface area contributed by atoms with Crippen LogP contribution in [0.15, 0.2) is 113 Å². The normalized spacial score (nSPS) is 19.1. The molecule has 96 heavy (non-hydrogen) atoms. The Kier molecular flexibility index (Phi) is 19.1. The number of hydrogen-bond acceptors (Lipinski definition) is 21. The standard InChI is InChI=1S/C63H69N9O19S5/c1-29-19-37(13-15-45(29)68-63-70-61(64)69-62(71-63)65-41-23-39(59(73)74)22-40(24-41)60(75)76)21-38-14-16-46(30(2)20-38)72-92(77,78)51-12-10-9-11-42(51)54-43-25-52(93(79,80)81)47(66-55-31(3)17-33(5)57(35(55)7)95(85,86)87)27-49(43)91-50-28-48(53(26-44(50)54)94(82,83)84)67-56-32(4)18-34(6)58(36(56)8)96(88,89)90/h9-12,17-18,22-30,37-38,45-46,66,72H,13-16,19-21H2,1-8H3,(H,73,74)(H,75,76)(H,79,80,81)(H,82,83,84)(H,85,86,87)(H,88,89,90)(H4,64,65,68,69,70,71)/b67-48+. The van der Waals surface area contributed by atoms with E-state index < -0.39 is 99.1 Å². The lowest BCUT2D eigenvalue weighted by Crippen LogP contribution is -2.43. The van der Waals surface area contributed by atoms with Gasteiger partial charge in [0.25, 0.3) is 40.5 Å². The summed E-state index contributed by atoms with van der Waals surface area (Å²) < 4.78 is 188. The maximum Gasteiger partial charge on any atom is 0.335 e. The number of nitrogens with one attached hydrogen (secondary N) is 4. The smallest absolute Gasteiger partial charge is 0.335 e. The van der Waals surface area contributed by atoms with Crippen molar-refractivity contribution >= 4 is 114 Å². The molecule has 6 aromatic rings. The number of hydrogen-bond donors (Lipinski definition) is 11. The van der Waals surface area contributed by atoms with E-state index in [-0.39, 0.29) is 130 Å². The van der Waals surface area contributed by atoms with Crippen LogP contribution in [0.5, 0.6) is 0 Å². The summed E-state index contributed by atoms with van der Waals surface area (Å²) in [7, 11) is -25.1. The van der Waals surface area contributed by atoms with Crippen molar-refractivity contribution in [3.05, 3.63) is 129 Å². The topological polar surface area (TPSA) is 465 Å². The van der Waals surface area contributed by atoms with Crippen molar-refractivity contribution in [3.63, 3.8) is 0 Å². The van der Waals surface area contributed by atoms with Crippen LogP contribution in [0.3, 0.4) is 0 Å². The van der Waals surface area contributed by atoms with Crippen molar-refractivity contribution in [3.8, 4) is 22.5 Å². The average Bonchev–Trinajstić information content (AvgIpc) is 0.728. The van der Waals surface area contributed by atoms with Gasteiger partial charge in [0.2, 0.25) is 27.9 Å². The van der Waals surface area contributed by atoms with Gasteiger partial charge in [0, 0.05) is 57.7 Å². The molecule has 6 atom stereocenters. The monoisotopic (exact) mass is 1420 g/mol. The Labute approximate surface area is 553 Å². The van der Waals surface area contributed by atoms with Crippen LogP contribution < -0.4 is 31.8 Å². The summed E-state index contributed by atoms with van der Waals surface area (Å²) in [4.78, 5) is 37.6. The number of aromatic nitrogens is 3. The van der Waals surface area contributed by atoms with Gasteiger partial charge in [-0.3, -0.25) is 18.2 Å². The van der Waals surface area contributed by atoms with E-state index in [0.29, 0.717) is 36.3 Å². The van der Waals surface area contributed by atoms with Crippen LogP contribution in [-0.4, -0.2) is 109 Å². The molecule has 2 heterocycles. The van der Waals surface area contributed by atoms with Crippen molar-refractivity contribution in [2.45, 2.75) is 137 Å². The van der Waals surface area contributed by atoms with Gasteiger partial charge < -0.3 is 36.3 Å². The first-order valence-corrected chi connectivity index (χ1v) is 37.2. The quantitative estimate of drug-likeness (QED) is 0.0265. The molecule has 4 aliphatic rings. The summed E-state index contributed by atoms with van der Waals surface area (Å²) in [5, 5.41) is 27.4. The first-order valence-electron chi connectivity index (χ1n) is 30.0. The number of nitrogen functional groups attached to an aromatic ring is 1. The van der Waals surface area contributed by atoms with E-state index in [9.17, 15) is 71.7 Å². The Bertz CT molecular complexity index is 5170. The fourth-order valence-electron chi connectivity index (χ4n) is 13.8. The van der Waals surface area contributed by atoms with Crippen molar-refractivity contribution in [1.29, 1.82) is 0 Å². The predicted molar refractivity (Wildman–Crippen MR) is 354 cm³/mol. The number of aryl methyl sites for hydroxylation is 4. The number of nitrogens with zero attached hydrogens (tertiary/aromatic N) is 4. The van der Waals surface area contributed by atoms with Crippen molar-refractivity contribution in [2.75, 3.05) is 21.7 Å². The number of carboxylic acid groups (broad SMARTS) is 2. The molecule has 2 fully saturated rings. The van der Waals surface area contributed by atoms with Crippen molar-refractivity contribution < 1.29 is 84.5 Å². The van der Waals surface area contributed by atoms with Crippen LogP contribution in [0.25, 0.3) is 33.4 Å². The zero-order chi connectivity index (χ0) is 70.2. The minimum Gasteiger partial charge on any atom is -0.478 e. The molecule has 1 aromatic heterocycles. The van der Waals surface area contributed by atoms with E-state index in [1.165, 1.54) is 83.1 Å². The van der Waals surface area contributed by atoms with Crippen LogP contribution in [-0.2, 0) is 50.5 Å². The molecule has 0 saturated heterocycles. The molecule has 33 heteroatoms. The number of benzene rings is 6. The van der Waals surface area contributed by atoms with Gasteiger partial charge in [0.1, 0.15) is 30.9 Å². The Hall–Kier alpha value is -8.51. The van der Waals surface area contributed by atoms with Crippen LogP contribution in [0, 0.1) is 65.2 Å². The molecule has 0 bridgehead atoms. The van der Waals surface area contributed by atoms with E-state index in [4.69, 9.17) is 10.2 Å². The van der Waals surface area contributed by atoms with Gasteiger partial charge in [0.05, 0.1) is 32.8 Å². The average molecular weight is 1420 g/mol. The van der Waals surface area contributed by atoms with Gasteiger partial charge in [-0.25, -0.2) is 27.7 Å². The Morgan fingerprint density at radius 3 is 1.73 bits per heavy atom. The number of aromatic carboxylic acids is 2. The summed E-state index contributed by atoms with van der Waals surface area (Å²) in [5.41, 5.74) is 5.05. The van der Waals surface area contributed by atoms with Crippen molar-refractivity contribution in [2.24, 2.45) is 28.7 Å². The van der Waals surface area contributed by atoms with Crippen LogP contribution in [0.1, 0.15) is 113 Å². The third kappa shape index (κ3) is 14.7. The molecule has 10 rings (SSSR count). The SMILES string of the molecule is Cc1cc(C)c(S(=O)(=O)O)c(C)c1/N=c1\cc2oc3cc(Nc4c(C)cc(C)c(S(=O)(=O)O)c4C)c(S(=O)(=O)O)cc3c(-c3ccccc3S(=O)(=O)NC3CCC(CC4CCC(Nc5nc(N)nc(Nc6cc(C(=O)O)cc(C(=O)O)c6)n5)C(C)C4)CC3C)c-2cc1S(=O)(=O)O. The van der Waals surface area contributed by atoms with Crippen LogP contribution >= 0.6 is 0 Å². The lowest BCUT2D eigenvalue weighted by atomic mass is 9.71. The molecule has 0 spiro atoms. The highest BCUT2D eigenvalue weighted by Gasteiger charge is 2.37. The molecule has 2 saturated carbocycles. The third-order valence-electron chi connectivity index (χ3n) is 17.9. The predicted octanol–water partition coefficient (Wildman–Crippen LogP) is 10.3. The second-order valence-electron chi connectivity index (χ2n) is 24.8. The van der Waals surface area contributed by atoms with E-state index in [1.807, 2.05) is 6.92 Å². The number of anilines is 6. The maximum absolute atomic E-state index is 15.2. The molecule has 0 amide bonds. The Morgan fingerprint density at radius 2 is 1.16 bits per heavy atom. The molecule has 1 aliphatic heterocycles. The number of sulfonamides is 1. The fourth-order valence-corrected chi connectivity index (χ4v) is 18.6. The van der Waals surface area contributed by atoms with Crippen LogP contribution in [0.2, 0.25) is 0 Å². The zero-order valence-corrected chi connectivity index (χ0v) is 56.9. The summed E-state index contributed by atoms with van der Waals surface area (Å²) >= 11 is 0. The first kappa shape index (κ1) is 70.3. The fraction of sp³-hybridized carbons (Fsp3) is 0.333. The molecule has 510 valence electrons. The summed E-state index contributed by atoms with van der Waals surface area (Å²) in [6, 6.07) is 15.2. The zero-order valence-electron chi connectivity index (χ0n) is 52.8. The molecule has 3 aliphatic carbocycles. The highest BCUT2D eigenvalue weighted by atomic mass is 32.2. The highest BCUT2D eigenvalue weighted by Crippen LogP contribution is 2.47. The Balaban J connectivity index is 0.977. The summed E-state index contributed by atoms with van der Waals surface area (Å²) in [6.45, 7) is 12.7. The summed E-state index contributed by atoms with van der Waals surface area (Å²) in [6.07, 6.45) is 4.99. The van der Waals surface area contributed by atoms with Gasteiger partial charge >= 0.3 is 11.9 Å². The van der Waals surface area contributed by atoms with Gasteiger partial charge in [-0.05, 0) is 180 Å². The highest BCUT2D eigenvalue weighted by molar-refractivity contribution is 7.89.